The quantitative estimate of drug-likeness (QED) is 0.869. The molecule has 0 spiro atoms. The minimum Gasteiger partial charge on any atom is -0.466 e. The number of hydrogen-bond donors (Lipinski definition) is 1. The van der Waals surface area contributed by atoms with Crippen molar-refractivity contribution >= 4 is 16.9 Å². The molecule has 1 aromatic heterocycles. The average molecular weight is 315 g/mol. The first kappa shape index (κ1) is 15.7. The molecule has 0 unspecified atom stereocenters. The second-order valence-corrected chi connectivity index (χ2v) is 5.86. The molecule has 0 saturated carbocycles. The number of fused-ring (bicyclic) bond motifs is 1. The monoisotopic (exact) mass is 315 g/mol. The number of nitrogens with zero attached hydrogens (tertiary/aromatic N) is 2. The van der Waals surface area contributed by atoms with Gasteiger partial charge in [-0.15, -0.1) is 0 Å². The first-order chi connectivity index (χ1) is 11.2. The van der Waals surface area contributed by atoms with Crippen LogP contribution in [0.1, 0.15) is 25.6 Å². The standard InChI is InChI=1S/C17H21N3O3/c1-2-23-17(22)12-6-5-9-20(10-12)11-15-18-14-8-4-3-7-13(14)16(21)19-15/h3-4,7-8,12H,2,5-6,9-11H2,1H3,(H,18,19,21)/t12-/m1/s1. The molecule has 3 rings (SSSR count). The van der Waals surface area contributed by atoms with Crippen molar-refractivity contribution < 1.29 is 9.53 Å². The van der Waals surface area contributed by atoms with Crippen molar-refractivity contribution in [2.45, 2.75) is 26.3 Å². The minimum absolute atomic E-state index is 0.0871. The summed E-state index contributed by atoms with van der Waals surface area (Å²) in [6, 6.07) is 7.30. The molecule has 122 valence electrons. The molecule has 1 saturated heterocycles. The van der Waals surface area contributed by atoms with Crippen LogP contribution in [0.15, 0.2) is 29.1 Å². The summed E-state index contributed by atoms with van der Waals surface area (Å²) in [5, 5.41) is 0.597. The Hall–Kier alpha value is -2.21. The smallest absolute Gasteiger partial charge is 0.310 e. The highest BCUT2D eigenvalue weighted by molar-refractivity contribution is 5.77. The largest absolute Gasteiger partial charge is 0.466 e. The summed E-state index contributed by atoms with van der Waals surface area (Å²) in [6.07, 6.45) is 1.80. The summed E-state index contributed by atoms with van der Waals surface area (Å²) in [4.78, 5) is 33.5. The number of ether oxygens (including phenoxy) is 1. The van der Waals surface area contributed by atoms with Crippen LogP contribution in [0, 0.1) is 5.92 Å². The molecule has 6 nitrogen and oxygen atoms in total. The Morgan fingerprint density at radius 1 is 1.43 bits per heavy atom. The maximum absolute atomic E-state index is 12.1. The van der Waals surface area contributed by atoms with Gasteiger partial charge in [-0.3, -0.25) is 14.5 Å². The van der Waals surface area contributed by atoms with E-state index in [2.05, 4.69) is 14.9 Å². The van der Waals surface area contributed by atoms with Crippen LogP contribution in [0.2, 0.25) is 0 Å². The van der Waals surface area contributed by atoms with Gasteiger partial charge in [-0.2, -0.15) is 0 Å². The van der Waals surface area contributed by atoms with Crippen molar-refractivity contribution in [3.63, 3.8) is 0 Å². The predicted molar refractivity (Wildman–Crippen MR) is 87.0 cm³/mol. The van der Waals surface area contributed by atoms with Gasteiger partial charge in [0.05, 0.1) is 30.0 Å². The number of benzene rings is 1. The Bertz CT molecular complexity index is 756. The number of likely N-dealkylation sites (tertiary alicyclic amines) is 1. The third-order valence-corrected chi connectivity index (χ3v) is 4.16. The second-order valence-electron chi connectivity index (χ2n) is 5.86. The fourth-order valence-electron chi connectivity index (χ4n) is 3.07. The lowest BCUT2D eigenvalue weighted by Gasteiger charge is -2.30. The van der Waals surface area contributed by atoms with E-state index in [1.807, 2.05) is 25.1 Å². The van der Waals surface area contributed by atoms with Crippen LogP contribution in [-0.4, -0.2) is 40.5 Å². The van der Waals surface area contributed by atoms with Crippen LogP contribution in [0.3, 0.4) is 0 Å². The van der Waals surface area contributed by atoms with Crippen LogP contribution in [0.4, 0.5) is 0 Å². The summed E-state index contributed by atoms with van der Waals surface area (Å²) < 4.78 is 5.12. The highest BCUT2D eigenvalue weighted by Gasteiger charge is 2.27. The molecule has 2 heterocycles. The Morgan fingerprint density at radius 3 is 3.09 bits per heavy atom. The van der Waals surface area contributed by atoms with Crippen molar-refractivity contribution in [3.8, 4) is 0 Å². The van der Waals surface area contributed by atoms with Crippen molar-refractivity contribution in [1.82, 2.24) is 14.9 Å². The van der Waals surface area contributed by atoms with Gasteiger partial charge in [-0.1, -0.05) is 12.1 Å². The summed E-state index contributed by atoms with van der Waals surface area (Å²) in [5.74, 6) is 0.422. The molecule has 23 heavy (non-hydrogen) atoms. The molecule has 1 fully saturated rings. The van der Waals surface area contributed by atoms with E-state index in [1.54, 1.807) is 6.07 Å². The molecule has 6 heteroatoms. The SMILES string of the molecule is CCOC(=O)[C@@H]1CCCN(Cc2nc3ccccc3c(=O)[nH]2)C1. The van der Waals surface area contributed by atoms with Crippen molar-refractivity contribution in [2.24, 2.45) is 5.92 Å². The van der Waals surface area contributed by atoms with Gasteiger partial charge in [0.1, 0.15) is 5.82 Å². The number of aromatic amines is 1. The van der Waals surface area contributed by atoms with E-state index in [1.165, 1.54) is 0 Å². The van der Waals surface area contributed by atoms with E-state index >= 15 is 0 Å². The van der Waals surface area contributed by atoms with Gasteiger partial charge in [-0.25, -0.2) is 4.98 Å². The number of esters is 1. The molecule has 1 aliphatic heterocycles. The number of nitrogens with one attached hydrogen (secondary N) is 1. The zero-order valence-corrected chi connectivity index (χ0v) is 13.2. The number of aromatic nitrogens is 2. The first-order valence-corrected chi connectivity index (χ1v) is 8.04. The lowest BCUT2D eigenvalue weighted by atomic mass is 9.98. The molecule has 0 radical (unpaired) electrons. The van der Waals surface area contributed by atoms with Gasteiger partial charge in [0, 0.05) is 6.54 Å². The van der Waals surface area contributed by atoms with Crippen LogP contribution >= 0.6 is 0 Å². The van der Waals surface area contributed by atoms with Gasteiger partial charge in [0.2, 0.25) is 0 Å². The van der Waals surface area contributed by atoms with E-state index in [-0.39, 0.29) is 17.4 Å². The summed E-state index contributed by atoms with van der Waals surface area (Å²) in [6.45, 7) is 4.31. The number of H-pyrrole nitrogens is 1. The fourth-order valence-corrected chi connectivity index (χ4v) is 3.07. The van der Waals surface area contributed by atoms with Gasteiger partial charge < -0.3 is 9.72 Å². The third-order valence-electron chi connectivity index (χ3n) is 4.16. The van der Waals surface area contributed by atoms with E-state index in [0.717, 1.165) is 19.4 Å². The van der Waals surface area contributed by atoms with Crippen LogP contribution in [0.25, 0.3) is 10.9 Å². The van der Waals surface area contributed by atoms with Crippen LogP contribution in [-0.2, 0) is 16.1 Å². The third kappa shape index (κ3) is 3.59. The lowest BCUT2D eigenvalue weighted by Crippen LogP contribution is -2.39. The number of rotatable bonds is 4. The van der Waals surface area contributed by atoms with Crippen molar-refractivity contribution in [2.75, 3.05) is 19.7 Å². The van der Waals surface area contributed by atoms with E-state index < -0.39 is 0 Å². The van der Waals surface area contributed by atoms with E-state index in [0.29, 0.717) is 36.4 Å². The predicted octanol–water partition coefficient (Wildman–Crippen LogP) is 1.70. The molecule has 0 amide bonds. The molecule has 1 aliphatic rings. The lowest BCUT2D eigenvalue weighted by molar-refractivity contribution is -0.150. The highest BCUT2D eigenvalue weighted by atomic mass is 16.5. The number of carbonyl (C=O) groups excluding carboxylic acids is 1. The Balaban J connectivity index is 1.74. The number of hydrogen-bond acceptors (Lipinski definition) is 5. The number of carbonyl (C=O) groups is 1. The average Bonchev–Trinajstić information content (AvgIpc) is 2.55. The summed E-state index contributed by atoms with van der Waals surface area (Å²) in [7, 11) is 0. The maximum Gasteiger partial charge on any atom is 0.310 e. The van der Waals surface area contributed by atoms with E-state index in [4.69, 9.17) is 4.74 Å². The molecule has 1 atom stereocenters. The molecule has 1 aromatic carbocycles. The highest BCUT2D eigenvalue weighted by Crippen LogP contribution is 2.19. The zero-order chi connectivity index (χ0) is 16.2. The molecular formula is C17H21N3O3. The second kappa shape index (κ2) is 6.91. The minimum atomic E-state index is -0.128. The van der Waals surface area contributed by atoms with Gasteiger partial charge in [0.25, 0.3) is 5.56 Å². The van der Waals surface area contributed by atoms with Crippen LogP contribution < -0.4 is 5.56 Å². The van der Waals surface area contributed by atoms with Crippen molar-refractivity contribution in [1.29, 1.82) is 0 Å². The normalized spacial score (nSPS) is 18.9. The first-order valence-electron chi connectivity index (χ1n) is 8.04. The molecular weight excluding hydrogens is 294 g/mol. The zero-order valence-electron chi connectivity index (χ0n) is 13.2. The number of para-hydroxylation sites is 1. The molecule has 1 N–H and O–H groups in total. The molecule has 0 bridgehead atoms. The van der Waals surface area contributed by atoms with Gasteiger partial charge in [0.15, 0.2) is 0 Å². The topological polar surface area (TPSA) is 75.3 Å². The van der Waals surface area contributed by atoms with E-state index in [9.17, 15) is 9.59 Å². The maximum atomic E-state index is 12.1. The van der Waals surface area contributed by atoms with Crippen LogP contribution in [0.5, 0.6) is 0 Å². The summed E-state index contributed by atoms with van der Waals surface area (Å²) in [5.41, 5.74) is 0.578. The Kier molecular flexibility index (Phi) is 4.71. The Morgan fingerprint density at radius 2 is 2.26 bits per heavy atom. The van der Waals surface area contributed by atoms with Crippen molar-refractivity contribution in [3.05, 3.63) is 40.4 Å². The fraction of sp³-hybridized carbons (Fsp3) is 0.471. The molecule has 2 aromatic rings. The Labute approximate surface area is 134 Å². The molecule has 0 aliphatic carbocycles. The van der Waals surface area contributed by atoms with Gasteiger partial charge >= 0.3 is 5.97 Å². The summed E-state index contributed by atoms with van der Waals surface area (Å²) >= 11 is 0. The number of piperidine rings is 1. The van der Waals surface area contributed by atoms with Gasteiger partial charge in [-0.05, 0) is 38.4 Å².